The maximum absolute atomic E-state index is 12.6. The van der Waals surface area contributed by atoms with Crippen molar-refractivity contribution in [3.8, 4) is 0 Å². The lowest BCUT2D eigenvalue weighted by molar-refractivity contribution is -0.0615. The minimum absolute atomic E-state index is 0.0541. The Hall–Kier alpha value is -1.81. The SMILES string of the molecule is Cc1cc(C)cc(C2=CCN(C(=O)N[C@@H]3CCOC(C)(C)C3)CC2)c1. The molecule has 0 aromatic heterocycles. The molecule has 0 radical (unpaired) electrons. The Kier molecular flexibility index (Phi) is 5.19. The average molecular weight is 342 g/mol. The topological polar surface area (TPSA) is 41.6 Å². The summed E-state index contributed by atoms with van der Waals surface area (Å²) in [5.74, 6) is 0. The van der Waals surface area contributed by atoms with Crippen molar-refractivity contribution in [1.82, 2.24) is 10.2 Å². The van der Waals surface area contributed by atoms with Crippen LogP contribution in [-0.4, -0.2) is 42.3 Å². The van der Waals surface area contributed by atoms with Crippen molar-refractivity contribution in [3.63, 3.8) is 0 Å². The molecule has 0 bridgehead atoms. The number of carbonyl (C=O) groups is 1. The van der Waals surface area contributed by atoms with Crippen LogP contribution in [0.15, 0.2) is 24.3 Å². The van der Waals surface area contributed by atoms with Crippen LogP contribution in [0.25, 0.3) is 5.57 Å². The molecule has 4 nitrogen and oxygen atoms in total. The molecule has 3 rings (SSSR count). The molecule has 1 N–H and O–H groups in total. The van der Waals surface area contributed by atoms with Crippen LogP contribution in [0.5, 0.6) is 0 Å². The minimum atomic E-state index is -0.145. The molecular formula is C21H30N2O2. The molecule has 25 heavy (non-hydrogen) atoms. The highest BCUT2D eigenvalue weighted by Crippen LogP contribution is 2.26. The van der Waals surface area contributed by atoms with E-state index in [1.54, 1.807) is 0 Å². The molecule has 1 aromatic carbocycles. The zero-order chi connectivity index (χ0) is 18.0. The van der Waals surface area contributed by atoms with Gasteiger partial charge in [-0.15, -0.1) is 0 Å². The highest BCUT2D eigenvalue weighted by molar-refractivity contribution is 5.77. The van der Waals surface area contributed by atoms with Gasteiger partial charge in [-0.3, -0.25) is 0 Å². The number of urea groups is 1. The van der Waals surface area contributed by atoms with E-state index in [1.807, 2.05) is 4.90 Å². The molecular weight excluding hydrogens is 312 g/mol. The van der Waals surface area contributed by atoms with Gasteiger partial charge in [0.2, 0.25) is 0 Å². The van der Waals surface area contributed by atoms with Gasteiger partial charge in [0.25, 0.3) is 0 Å². The fourth-order valence-electron chi connectivity index (χ4n) is 3.90. The Morgan fingerprint density at radius 2 is 1.96 bits per heavy atom. The summed E-state index contributed by atoms with van der Waals surface area (Å²) >= 11 is 0. The Morgan fingerprint density at radius 3 is 2.56 bits per heavy atom. The molecule has 1 atom stereocenters. The monoisotopic (exact) mass is 342 g/mol. The number of carbonyl (C=O) groups excluding carboxylic acids is 1. The van der Waals surface area contributed by atoms with E-state index in [4.69, 9.17) is 4.74 Å². The van der Waals surface area contributed by atoms with Gasteiger partial charge in [0, 0.05) is 25.7 Å². The molecule has 136 valence electrons. The molecule has 0 spiro atoms. The second-order valence-corrected chi connectivity index (χ2v) is 8.05. The van der Waals surface area contributed by atoms with E-state index < -0.39 is 0 Å². The first-order valence-corrected chi connectivity index (χ1v) is 9.29. The summed E-state index contributed by atoms with van der Waals surface area (Å²) < 4.78 is 5.73. The summed E-state index contributed by atoms with van der Waals surface area (Å²) in [6.45, 7) is 10.6. The summed E-state index contributed by atoms with van der Waals surface area (Å²) in [5.41, 5.74) is 5.08. The summed E-state index contributed by atoms with van der Waals surface area (Å²) in [4.78, 5) is 14.5. The van der Waals surface area contributed by atoms with Crippen LogP contribution in [0.2, 0.25) is 0 Å². The van der Waals surface area contributed by atoms with Crippen molar-refractivity contribution >= 4 is 11.6 Å². The standard InChI is InChI=1S/C21H30N2O2/c1-15-11-16(2)13-18(12-15)17-5-8-23(9-6-17)20(24)22-19-7-10-25-21(3,4)14-19/h5,11-13,19H,6-10,14H2,1-4H3,(H,22,24)/t19-/m1/s1. The predicted molar refractivity (Wildman–Crippen MR) is 102 cm³/mol. The quantitative estimate of drug-likeness (QED) is 0.880. The third-order valence-electron chi connectivity index (χ3n) is 5.11. The number of benzene rings is 1. The van der Waals surface area contributed by atoms with Gasteiger partial charge in [-0.1, -0.05) is 35.4 Å². The fraction of sp³-hybridized carbons (Fsp3) is 0.571. The van der Waals surface area contributed by atoms with Crippen LogP contribution in [0.4, 0.5) is 4.79 Å². The van der Waals surface area contributed by atoms with Crippen LogP contribution in [0, 0.1) is 13.8 Å². The van der Waals surface area contributed by atoms with E-state index in [0.29, 0.717) is 13.2 Å². The van der Waals surface area contributed by atoms with Gasteiger partial charge in [0.05, 0.1) is 5.60 Å². The van der Waals surface area contributed by atoms with Crippen molar-refractivity contribution in [2.45, 2.75) is 58.6 Å². The van der Waals surface area contributed by atoms with Gasteiger partial charge in [0.1, 0.15) is 0 Å². The fourth-order valence-corrected chi connectivity index (χ4v) is 3.90. The van der Waals surface area contributed by atoms with Crippen molar-refractivity contribution in [2.24, 2.45) is 0 Å². The van der Waals surface area contributed by atoms with Crippen LogP contribution in [0.1, 0.15) is 49.8 Å². The van der Waals surface area contributed by atoms with Crippen molar-refractivity contribution < 1.29 is 9.53 Å². The minimum Gasteiger partial charge on any atom is -0.375 e. The van der Waals surface area contributed by atoms with E-state index in [2.05, 4.69) is 57.3 Å². The number of ether oxygens (including phenoxy) is 1. The van der Waals surface area contributed by atoms with Gasteiger partial charge in [0.15, 0.2) is 0 Å². The maximum atomic E-state index is 12.6. The summed E-state index contributed by atoms with van der Waals surface area (Å²) in [7, 11) is 0. The third kappa shape index (κ3) is 4.63. The molecule has 2 heterocycles. The van der Waals surface area contributed by atoms with E-state index >= 15 is 0 Å². The van der Waals surface area contributed by atoms with Gasteiger partial charge in [-0.05, 0) is 58.1 Å². The predicted octanol–water partition coefficient (Wildman–Crippen LogP) is 4.06. The second kappa shape index (κ2) is 7.20. The van der Waals surface area contributed by atoms with Crippen molar-refractivity contribution in [3.05, 3.63) is 41.0 Å². The smallest absolute Gasteiger partial charge is 0.317 e. The molecule has 2 aliphatic heterocycles. The molecule has 0 unspecified atom stereocenters. The average Bonchev–Trinajstić information content (AvgIpc) is 2.53. The zero-order valence-electron chi connectivity index (χ0n) is 15.9. The van der Waals surface area contributed by atoms with Gasteiger partial charge in [-0.25, -0.2) is 4.79 Å². The maximum Gasteiger partial charge on any atom is 0.317 e. The molecule has 4 heteroatoms. The second-order valence-electron chi connectivity index (χ2n) is 8.05. The first-order chi connectivity index (χ1) is 11.8. The van der Waals surface area contributed by atoms with E-state index in [-0.39, 0.29) is 17.7 Å². The number of rotatable bonds is 2. The summed E-state index contributed by atoms with van der Waals surface area (Å²) in [6.07, 6.45) is 4.88. The molecule has 1 fully saturated rings. The Bertz CT molecular complexity index is 658. The lowest BCUT2D eigenvalue weighted by atomic mass is 9.94. The van der Waals surface area contributed by atoms with Crippen LogP contribution in [-0.2, 0) is 4.74 Å². The molecule has 1 aromatic rings. The Morgan fingerprint density at radius 1 is 1.24 bits per heavy atom. The number of aryl methyl sites for hydroxylation is 2. The molecule has 2 amide bonds. The summed E-state index contributed by atoms with van der Waals surface area (Å²) in [6, 6.07) is 6.93. The van der Waals surface area contributed by atoms with Gasteiger partial charge in [-0.2, -0.15) is 0 Å². The normalized spacial score (nSPS) is 23.1. The summed E-state index contributed by atoms with van der Waals surface area (Å²) in [5, 5.41) is 3.19. The van der Waals surface area contributed by atoms with E-state index in [9.17, 15) is 4.79 Å². The molecule has 0 saturated carbocycles. The van der Waals surface area contributed by atoms with Crippen LogP contribution in [0.3, 0.4) is 0 Å². The third-order valence-corrected chi connectivity index (χ3v) is 5.11. The van der Waals surface area contributed by atoms with Crippen LogP contribution >= 0.6 is 0 Å². The zero-order valence-corrected chi connectivity index (χ0v) is 15.9. The lowest BCUT2D eigenvalue weighted by Gasteiger charge is -2.37. The molecule has 2 aliphatic rings. The highest BCUT2D eigenvalue weighted by Gasteiger charge is 2.30. The largest absolute Gasteiger partial charge is 0.375 e. The van der Waals surface area contributed by atoms with Crippen molar-refractivity contribution in [2.75, 3.05) is 19.7 Å². The Balaban J connectivity index is 1.59. The number of nitrogens with zero attached hydrogens (tertiary/aromatic N) is 1. The number of hydrogen-bond acceptors (Lipinski definition) is 2. The molecule has 0 aliphatic carbocycles. The van der Waals surface area contributed by atoms with Gasteiger partial charge < -0.3 is 15.0 Å². The first kappa shape index (κ1) is 18.0. The number of hydrogen-bond donors (Lipinski definition) is 1. The van der Waals surface area contributed by atoms with Crippen LogP contribution < -0.4 is 5.32 Å². The molecule has 1 saturated heterocycles. The first-order valence-electron chi connectivity index (χ1n) is 9.29. The lowest BCUT2D eigenvalue weighted by Crippen LogP contribution is -2.50. The number of amides is 2. The van der Waals surface area contributed by atoms with E-state index in [0.717, 1.165) is 25.8 Å². The van der Waals surface area contributed by atoms with Crippen molar-refractivity contribution in [1.29, 1.82) is 0 Å². The van der Waals surface area contributed by atoms with E-state index in [1.165, 1.54) is 22.3 Å². The van der Waals surface area contributed by atoms with Gasteiger partial charge >= 0.3 is 6.03 Å². The Labute approximate surface area is 151 Å². The number of nitrogens with one attached hydrogen (secondary N) is 1. The highest BCUT2D eigenvalue weighted by atomic mass is 16.5.